The van der Waals surface area contributed by atoms with Gasteiger partial charge in [-0.05, 0) is 93.3 Å². The van der Waals surface area contributed by atoms with Gasteiger partial charge < -0.3 is 24.9 Å². The molecule has 1 fully saturated rings. The number of hydrogen-bond donors (Lipinski definition) is 1. The number of nitrogens with zero attached hydrogens (tertiary/aromatic N) is 5. The highest BCUT2D eigenvalue weighted by atomic mass is 15.2. The molecule has 0 bridgehead atoms. The number of rotatable bonds is 4. The fourth-order valence-electron chi connectivity index (χ4n) is 3.65. The summed E-state index contributed by atoms with van der Waals surface area (Å²) in [5.41, 5.74) is 0. The number of nitrogens with one attached hydrogen (secondary N) is 1. The lowest BCUT2D eigenvalue weighted by atomic mass is 10.3. The molecule has 1 aliphatic rings. The van der Waals surface area contributed by atoms with Crippen LogP contribution >= 0.6 is 0 Å². The van der Waals surface area contributed by atoms with Crippen molar-refractivity contribution in [2.75, 3.05) is 113 Å². The molecular weight excluding hydrogens is 336 g/mol. The van der Waals surface area contributed by atoms with Gasteiger partial charge in [-0.3, -0.25) is 4.90 Å². The van der Waals surface area contributed by atoms with Gasteiger partial charge in [0, 0.05) is 39.3 Å². The molecule has 0 atom stereocenters. The van der Waals surface area contributed by atoms with E-state index in [2.05, 4.69) is 64.9 Å². The van der Waals surface area contributed by atoms with Crippen LogP contribution in [0.4, 0.5) is 0 Å². The number of likely N-dealkylation sites (N-methyl/N-ethyl adjacent to an activating group) is 3. The Morgan fingerprint density at radius 1 is 0.556 bits per heavy atom. The molecule has 0 aromatic carbocycles. The van der Waals surface area contributed by atoms with Crippen molar-refractivity contribution >= 4 is 0 Å². The van der Waals surface area contributed by atoms with E-state index >= 15 is 0 Å². The van der Waals surface area contributed by atoms with Crippen molar-refractivity contribution in [3.8, 4) is 0 Å². The van der Waals surface area contributed by atoms with Gasteiger partial charge >= 0.3 is 0 Å². The Bertz CT molecular complexity index is 315. The summed E-state index contributed by atoms with van der Waals surface area (Å²) in [6.07, 6.45) is 3.81. The lowest BCUT2D eigenvalue weighted by Crippen LogP contribution is -2.42. The van der Waals surface area contributed by atoms with Gasteiger partial charge in [0.1, 0.15) is 0 Å². The molecule has 27 heavy (non-hydrogen) atoms. The molecule has 6 nitrogen and oxygen atoms in total. The van der Waals surface area contributed by atoms with Crippen molar-refractivity contribution in [1.82, 2.24) is 29.8 Å². The van der Waals surface area contributed by atoms with E-state index in [1.54, 1.807) is 0 Å². The minimum absolute atomic E-state index is 1.06. The van der Waals surface area contributed by atoms with Crippen LogP contribution in [0.15, 0.2) is 0 Å². The maximum Gasteiger partial charge on any atom is 0.0110 e. The summed E-state index contributed by atoms with van der Waals surface area (Å²) in [7, 11) is 9.11. The van der Waals surface area contributed by atoms with Crippen LogP contribution in [-0.4, -0.2) is 138 Å². The maximum absolute atomic E-state index is 3.48. The standard InChI is InChI=1S/C21H48N6/c1-6-22-10-17-27-20-18-25(4)15-8-13-23(2)11-7-12-24(3)14-9-16-26(5)19-21-27/h22H,6-21H2,1-5H3. The summed E-state index contributed by atoms with van der Waals surface area (Å²) < 4.78 is 0. The Labute approximate surface area is 169 Å². The van der Waals surface area contributed by atoms with E-state index in [0.717, 1.165) is 19.6 Å². The molecule has 0 unspecified atom stereocenters. The molecule has 1 N–H and O–H groups in total. The van der Waals surface area contributed by atoms with Gasteiger partial charge in [0.25, 0.3) is 0 Å². The molecule has 0 aromatic rings. The highest BCUT2D eigenvalue weighted by molar-refractivity contribution is 4.67. The zero-order chi connectivity index (χ0) is 19.9. The van der Waals surface area contributed by atoms with Crippen LogP contribution in [0.1, 0.15) is 26.2 Å². The quantitative estimate of drug-likeness (QED) is 0.721. The first kappa shape index (κ1) is 24.8. The zero-order valence-corrected chi connectivity index (χ0v) is 19.0. The molecular formula is C21H48N6. The van der Waals surface area contributed by atoms with Gasteiger partial charge in [0.15, 0.2) is 0 Å². The molecule has 0 spiro atoms. The first-order valence-corrected chi connectivity index (χ1v) is 11.2. The van der Waals surface area contributed by atoms with Gasteiger partial charge in [-0.15, -0.1) is 0 Å². The summed E-state index contributed by atoms with van der Waals surface area (Å²) >= 11 is 0. The van der Waals surface area contributed by atoms with Crippen molar-refractivity contribution in [2.24, 2.45) is 0 Å². The highest BCUT2D eigenvalue weighted by Crippen LogP contribution is 1.99. The van der Waals surface area contributed by atoms with Crippen LogP contribution in [0.5, 0.6) is 0 Å². The van der Waals surface area contributed by atoms with Gasteiger partial charge in [0.05, 0.1) is 0 Å². The van der Waals surface area contributed by atoms with E-state index in [1.165, 1.54) is 84.7 Å². The first-order valence-electron chi connectivity index (χ1n) is 11.2. The van der Waals surface area contributed by atoms with E-state index in [1.807, 2.05) is 0 Å². The molecule has 0 aromatic heterocycles. The van der Waals surface area contributed by atoms with E-state index in [9.17, 15) is 0 Å². The minimum Gasteiger partial charge on any atom is -0.316 e. The molecule has 0 radical (unpaired) electrons. The van der Waals surface area contributed by atoms with Crippen molar-refractivity contribution in [1.29, 1.82) is 0 Å². The van der Waals surface area contributed by atoms with Gasteiger partial charge in [0.2, 0.25) is 0 Å². The second-order valence-electron chi connectivity index (χ2n) is 8.47. The van der Waals surface area contributed by atoms with Gasteiger partial charge in [-0.2, -0.15) is 0 Å². The lowest BCUT2D eigenvalue weighted by Gasteiger charge is -2.28. The van der Waals surface area contributed by atoms with Crippen LogP contribution in [0.2, 0.25) is 0 Å². The Balaban J connectivity index is 2.51. The largest absolute Gasteiger partial charge is 0.316 e. The predicted molar refractivity (Wildman–Crippen MR) is 119 cm³/mol. The fourth-order valence-corrected chi connectivity index (χ4v) is 3.65. The van der Waals surface area contributed by atoms with Gasteiger partial charge in [-0.25, -0.2) is 0 Å². The topological polar surface area (TPSA) is 28.2 Å². The number of hydrogen-bond acceptors (Lipinski definition) is 6. The SMILES string of the molecule is CCNCCN1CCN(C)CCCN(C)CCCN(C)CCCN(C)CC1. The van der Waals surface area contributed by atoms with Crippen LogP contribution < -0.4 is 5.32 Å². The van der Waals surface area contributed by atoms with Crippen molar-refractivity contribution in [3.05, 3.63) is 0 Å². The predicted octanol–water partition coefficient (Wildman–Crippen LogP) is 0.809. The minimum atomic E-state index is 1.06. The average molecular weight is 385 g/mol. The molecule has 1 rings (SSSR count). The average Bonchev–Trinajstić information content (AvgIpc) is 2.63. The highest BCUT2D eigenvalue weighted by Gasteiger charge is 2.10. The third-order valence-electron chi connectivity index (χ3n) is 5.69. The van der Waals surface area contributed by atoms with Crippen molar-refractivity contribution < 1.29 is 0 Å². The molecule has 0 amide bonds. The molecule has 1 heterocycles. The summed E-state index contributed by atoms with van der Waals surface area (Å²) in [4.78, 5) is 12.7. The summed E-state index contributed by atoms with van der Waals surface area (Å²) in [5.74, 6) is 0. The van der Waals surface area contributed by atoms with Crippen molar-refractivity contribution in [2.45, 2.75) is 26.2 Å². The Kier molecular flexibility index (Phi) is 14.4. The van der Waals surface area contributed by atoms with E-state index in [0.29, 0.717) is 0 Å². The molecule has 0 aliphatic carbocycles. The third-order valence-corrected chi connectivity index (χ3v) is 5.69. The van der Waals surface area contributed by atoms with Crippen LogP contribution in [0, 0.1) is 0 Å². The van der Waals surface area contributed by atoms with Crippen LogP contribution in [0.3, 0.4) is 0 Å². The smallest absolute Gasteiger partial charge is 0.0110 e. The van der Waals surface area contributed by atoms with Gasteiger partial charge in [-0.1, -0.05) is 6.92 Å². The normalized spacial score (nSPS) is 23.9. The second-order valence-corrected chi connectivity index (χ2v) is 8.47. The molecule has 1 aliphatic heterocycles. The summed E-state index contributed by atoms with van der Waals surface area (Å²) in [6, 6.07) is 0. The van der Waals surface area contributed by atoms with E-state index in [-0.39, 0.29) is 0 Å². The molecule has 1 saturated heterocycles. The lowest BCUT2D eigenvalue weighted by molar-refractivity contribution is 0.188. The third kappa shape index (κ3) is 13.6. The Morgan fingerprint density at radius 2 is 0.926 bits per heavy atom. The second kappa shape index (κ2) is 15.7. The Morgan fingerprint density at radius 3 is 1.30 bits per heavy atom. The molecule has 6 heteroatoms. The van der Waals surface area contributed by atoms with E-state index < -0.39 is 0 Å². The zero-order valence-electron chi connectivity index (χ0n) is 19.0. The molecule has 0 saturated carbocycles. The van der Waals surface area contributed by atoms with Crippen LogP contribution in [-0.2, 0) is 0 Å². The summed E-state index contributed by atoms with van der Waals surface area (Å²) in [6.45, 7) is 17.4. The van der Waals surface area contributed by atoms with Crippen LogP contribution in [0.25, 0.3) is 0 Å². The fraction of sp³-hybridized carbons (Fsp3) is 1.00. The summed E-state index contributed by atoms with van der Waals surface area (Å²) in [5, 5.41) is 3.48. The monoisotopic (exact) mass is 384 g/mol. The molecule has 162 valence electrons. The first-order chi connectivity index (χ1) is 13.0. The Hall–Kier alpha value is -0.240. The van der Waals surface area contributed by atoms with E-state index in [4.69, 9.17) is 0 Å². The van der Waals surface area contributed by atoms with Crippen molar-refractivity contribution in [3.63, 3.8) is 0 Å². The maximum atomic E-state index is 3.48.